The maximum Gasteiger partial charge on any atom is 0.355 e. The smallest absolute Gasteiger partial charge is 0.247 e. The van der Waals surface area contributed by atoms with Crippen molar-refractivity contribution < 1.29 is 9.90 Å². The van der Waals surface area contributed by atoms with E-state index in [2.05, 4.69) is 43.4 Å². The van der Waals surface area contributed by atoms with E-state index in [-0.39, 0.29) is 6.42 Å². The van der Waals surface area contributed by atoms with Crippen molar-refractivity contribution in [3.63, 3.8) is 0 Å². The van der Waals surface area contributed by atoms with Crippen molar-refractivity contribution in [3.8, 4) is 0 Å². The molecule has 0 heterocycles. The van der Waals surface area contributed by atoms with Gasteiger partial charge >= 0.3 is 5.97 Å². The second-order valence-electron chi connectivity index (χ2n) is 5.00. The summed E-state index contributed by atoms with van der Waals surface area (Å²) in [5, 5.41) is 10.2. The van der Waals surface area contributed by atoms with E-state index >= 15 is 0 Å². The third-order valence-electron chi connectivity index (χ3n) is 3.02. The fraction of sp³-hybridized carbons (Fsp3) is 0.611. The monoisotopic (exact) mass is 277 g/mol. The zero-order valence-corrected chi connectivity index (χ0v) is 12.9. The topological polar surface area (TPSA) is 37.0 Å². The van der Waals surface area contributed by atoms with Crippen molar-refractivity contribution in [1.82, 2.24) is 0 Å². The molecular formula is C18H29O2. The van der Waals surface area contributed by atoms with Crippen molar-refractivity contribution in [1.29, 1.82) is 0 Å². The van der Waals surface area contributed by atoms with Crippen LogP contribution in [-0.4, -0.2) is 5.97 Å². The fourth-order valence-electron chi connectivity index (χ4n) is 1.82. The third kappa shape index (κ3) is 16.7. The van der Waals surface area contributed by atoms with Crippen LogP contribution in [0.3, 0.4) is 0 Å². The number of hydrogen-bond donors (Lipinski definition) is 0. The summed E-state index contributed by atoms with van der Waals surface area (Å²) >= 11 is 0. The lowest BCUT2D eigenvalue weighted by Crippen LogP contribution is -1.90. The molecule has 0 rings (SSSR count). The normalized spacial score (nSPS) is 12.1. The van der Waals surface area contributed by atoms with E-state index in [0.717, 1.165) is 25.7 Å². The van der Waals surface area contributed by atoms with Gasteiger partial charge in [0.2, 0.25) is 0 Å². The molecule has 0 N–H and O–H groups in total. The van der Waals surface area contributed by atoms with Gasteiger partial charge < -0.3 is 0 Å². The molecule has 0 aromatic heterocycles. The van der Waals surface area contributed by atoms with Gasteiger partial charge in [0.25, 0.3) is 0 Å². The Morgan fingerprint density at radius 3 is 1.75 bits per heavy atom. The van der Waals surface area contributed by atoms with Crippen LogP contribution in [0.2, 0.25) is 0 Å². The summed E-state index contributed by atoms with van der Waals surface area (Å²) < 4.78 is 0. The number of allylic oxidation sites excluding steroid dienone is 6. The minimum Gasteiger partial charge on any atom is -0.247 e. The maximum atomic E-state index is 10.2. The van der Waals surface area contributed by atoms with Crippen LogP contribution in [0.15, 0.2) is 36.5 Å². The summed E-state index contributed by atoms with van der Waals surface area (Å²) in [4.78, 5) is 10.2. The third-order valence-corrected chi connectivity index (χ3v) is 3.02. The summed E-state index contributed by atoms with van der Waals surface area (Å²) in [6, 6.07) is 0. The van der Waals surface area contributed by atoms with Gasteiger partial charge in [-0.1, -0.05) is 56.2 Å². The van der Waals surface area contributed by atoms with E-state index in [1.54, 1.807) is 0 Å². The van der Waals surface area contributed by atoms with Crippen molar-refractivity contribution in [2.75, 3.05) is 0 Å². The molecule has 0 saturated heterocycles. The Kier molecular flexibility index (Phi) is 14.7. The van der Waals surface area contributed by atoms with Crippen LogP contribution >= 0.6 is 0 Å². The molecule has 0 aliphatic rings. The van der Waals surface area contributed by atoms with E-state index in [1.807, 2.05) is 0 Å². The first-order valence-electron chi connectivity index (χ1n) is 7.92. The van der Waals surface area contributed by atoms with Gasteiger partial charge in [-0.25, -0.2) is 9.90 Å². The van der Waals surface area contributed by atoms with Crippen LogP contribution in [0.5, 0.6) is 0 Å². The van der Waals surface area contributed by atoms with Gasteiger partial charge in [-0.05, 0) is 44.9 Å². The molecule has 2 nitrogen and oxygen atoms in total. The number of hydrogen-bond acceptors (Lipinski definition) is 1. The molecule has 0 bridgehead atoms. The molecule has 0 aromatic rings. The first-order valence-corrected chi connectivity index (χ1v) is 7.92. The van der Waals surface area contributed by atoms with Crippen molar-refractivity contribution in [3.05, 3.63) is 36.5 Å². The van der Waals surface area contributed by atoms with Gasteiger partial charge in [-0.15, -0.1) is 0 Å². The van der Waals surface area contributed by atoms with Gasteiger partial charge in [0.05, 0.1) is 6.42 Å². The number of carbonyl (C=O) groups is 1. The highest BCUT2D eigenvalue weighted by Crippen LogP contribution is 2.02. The molecule has 0 amide bonds. The molecule has 0 aliphatic heterocycles. The van der Waals surface area contributed by atoms with Gasteiger partial charge in [0.1, 0.15) is 0 Å². The molecule has 0 spiro atoms. The molecule has 2 heteroatoms. The average molecular weight is 277 g/mol. The van der Waals surface area contributed by atoms with Crippen LogP contribution < -0.4 is 0 Å². The standard InChI is InChI=1S/C18H29O2/c1-2-3-4-5-6-7-8-9-10-11-12-13-14-15-16-17-18(19)20/h6-7,9-10,12-13H,2-5,8,11,14-17H2,1H3/b7-6-,10-9-,13-12-. The lowest BCUT2D eigenvalue weighted by atomic mass is 10.2. The molecule has 20 heavy (non-hydrogen) atoms. The van der Waals surface area contributed by atoms with Gasteiger partial charge in [0.15, 0.2) is 0 Å². The van der Waals surface area contributed by atoms with Gasteiger partial charge in [-0.3, -0.25) is 0 Å². The van der Waals surface area contributed by atoms with Crippen LogP contribution in [0.4, 0.5) is 0 Å². The van der Waals surface area contributed by atoms with E-state index in [1.165, 1.54) is 25.7 Å². The highest BCUT2D eigenvalue weighted by atomic mass is 16.4. The lowest BCUT2D eigenvalue weighted by molar-refractivity contribution is -0.143. The molecule has 113 valence electrons. The number of unbranched alkanes of at least 4 members (excludes halogenated alkanes) is 5. The van der Waals surface area contributed by atoms with Gasteiger partial charge in [0, 0.05) is 0 Å². The predicted octanol–water partition coefficient (Wildman–Crippen LogP) is 5.53. The van der Waals surface area contributed by atoms with E-state index in [0.29, 0.717) is 6.42 Å². The second-order valence-corrected chi connectivity index (χ2v) is 5.00. The molecule has 0 fully saturated rings. The Morgan fingerprint density at radius 1 is 0.750 bits per heavy atom. The molecule has 0 unspecified atom stereocenters. The molecular weight excluding hydrogens is 248 g/mol. The largest absolute Gasteiger partial charge is 0.355 e. The van der Waals surface area contributed by atoms with Crippen LogP contribution in [0.1, 0.15) is 71.1 Å². The van der Waals surface area contributed by atoms with Crippen LogP contribution in [-0.2, 0) is 9.90 Å². The minimum absolute atomic E-state index is 0.179. The number of carbonyl (C=O) groups excluding carboxylic acids is 1. The zero-order valence-electron chi connectivity index (χ0n) is 12.9. The minimum atomic E-state index is -0.945. The highest BCUT2D eigenvalue weighted by molar-refractivity contribution is 5.66. The first-order chi connectivity index (χ1) is 9.77. The van der Waals surface area contributed by atoms with E-state index in [9.17, 15) is 9.90 Å². The first kappa shape index (κ1) is 18.7. The van der Waals surface area contributed by atoms with Crippen LogP contribution in [0, 0.1) is 0 Å². The molecule has 0 aromatic carbocycles. The summed E-state index contributed by atoms with van der Waals surface area (Å²) in [5.74, 6) is -0.945. The molecule has 1 radical (unpaired) electrons. The van der Waals surface area contributed by atoms with Crippen molar-refractivity contribution in [2.45, 2.75) is 71.1 Å². The quantitative estimate of drug-likeness (QED) is 0.322. The van der Waals surface area contributed by atoms with Crippen LogP contribution in [0.25, 0.3) is 0 Å². The van der Waals surface area contributed by atoms with Crippen molar-refractivity contribution >= 4 is 5.97 Å². The average Bonchev–Trinajstić information content (AvgIpc) is 2.43. The second kappa shape index (κ2) is 15.7. The molecule has 0 atom stereocenters. The van der Waals surface area contributed by atoms with Crippen molar-refractivity contribution in [2.24, 2.45) is 0 Å². The zero-order chi connectivity index (χ0) is 14.9. The predicted molar refractivity (Wildman–Crippen MR) is 85.0 cm³/mol. The fourth-order valence-corrected chi connectivity index (χ4v) is 1.82. The Labute approximate surface area is 124 Å². The molecule has 0 saturated carbocycles. The Morgan fingerprint density at radius 2 is 1.25 bits per heavy atom. The molecule has 0 aliphatic carbocycles. The van der Waals surface area contributed by atoms with Gasteiger partial charge in [-0.2, -0.15) is 0 Å². The SMILES string of the molecule is CCCCC/C=C\C/C=C\C/C=C\CCCCC([O])=O. The van der Waals surface area contributed by atoms with E-state index in [4.69, 9.17) is 0 Å². The summed E-state index contributed by atoms with van der Waals surface area (Å²) in [5.41, 5.74) is 0. The lowest BCUT2D eigenvalue weighted by Gasteiger charge is -1.91. The number of rotatable bonds is 13. The maximum absolute atomic E-state index is 10.2. The Bertz CT molecular complexity index is 301. The highest BCUT2D eigenvalue weighted by Gasteiger charge is 1.96. The summed E-state index contributed by atoms with van der Waals surface area (Å²) in [6.07, 6.45) is 23.0. The summed E-state index contributed by atoms with van der Waals surface area (Å²) in [6.45, 7) is 2.23. The Hall–Kier alpha value is -1.31. The van der Waals surface area contributed by atoms with E-state index < -0.39 is 5.97 Å². The Balaban J connectivity index is 3.32. The summed E-state index contributed by atoms with van der Waals surface area (Å²) in [7, 11) is 0.